The Kier molecular flexibility index (Phi) is 7.24. The van der Waals surface area contributed by atoms with Crippen LogP contribution >= 0.6 is 0 Å². The van der Waals surface area contributed by atoms with Gasteiger partial charge in [-0.2, -0.15) is 13.2 Å². The Hall–Kier alpha value is -2.54. The molecule has 0 spiro atoms. The van der Waals surface area contributed by atoms with Crippen LogP contribution in [0.3, 0.4) is 0 Å². The van der Waals surface area contributed by atoms with Gasteiger partial charge in [0.1, 0.15) is 12.4 Å². The number of carbonyl (C=O) groups excluding carboxylic acids is 1. The number of rotatable bonds is 8. The Balaban J connectivity index is 2.09. The molecule has 0 saturated carbocycles. The number of anilines is 1. The van der Waals surface area contributed by atoms with Crippen molar-refractivity contribution >= 4 is 11.6 Å². The minimum absolute atomic E-state index is 0.0766. The number of nitrogens with one attached hydrogen (secondary N) is 1. The van der Waals surface area contributed by atoms with Gasteiger partial charge in [0.15, 0.2) is 0 Å². The Morgan fingerprint density at radius 1 is 1.07 bits per heavy atom. The van der Waals surface area contributed by atoms with Crippen LogP contribution in [-0.4, -0.2) is 37.0 Å². The van der Waals surface area contributed by atoms with Crippen LogP contribution in [0.25, 0.3) is 0 Å². The van der Waals surface area contributed by atoms with Crippen molar-refractivity contribution in [1.82, 2.24) is 4.90 Å². The van der Waals surface area contributed by atoms with Crippen LogP contribution in [0.5, 0.6) is 5.75 Å². The first kappa shape index (κ1) is 20.8. The monoisotopic (exact) mass is 380 g/mol. The van der Waals surface area contributed by atoms with Crippen molar-refractivity contribution in [2.75, 3.05) is 31.6 Å². The van der Waals surface area contributed by atoms with Crippen LogP contribution in [0.4, 0.5) is 18.9 Å². The van der Waals surface area contributed by atoms with Gasteiger partial charge in [-0.25, -0.2) is 0 Å². The molecular formula is C20H23F3N2O2. The maximum atomic E-state index is 12.8. The van der Waals surface area contributed by atoms with Crippen molar-refractivity contribution in [2.45, 2.75) is 20.0 Å². The summed E-state index contributed by atoms with van der Waals surface area (Å²) >= 11 is 0. The Bertz CT molecular complexity index is 759. The number of alkyl halides is 3. The molecule has 2 rings (SSSR count). The SMILES string of the molecule is CCN(CC)CCOc1ccccc1C(=O)Nc1cccc(C(F)(F)F)c1. The Morgan fingerprint density at radius 3 is 2.44 bits per heavy atom. The highest BCUT2D eigenvalue weighted by molar-refractivity contribution is 6.06. The van der Waals surface area contributed by atoms with E-state index in [9.17, 15) is 18.0 Å². The second-order valence-electron chi connectivity index (χ2n) is 5.90. The number of ether oxygens (including phenoxy) is 1. The molecule has 2 aromatic carbocycles. The van der Waals surface area contributed by atoms with Gasteiger partial charge in [-0.1, -0.05) is 32.0 Å². The number of benzene rings is 2. The number of carbonyl (C=O) groups is 1. The third-order valence-corrected chi connectivity index (χ3v) is 4.14. The van der Waals surface area contributed by atoms with E-state index in [0.717, 1.165) is 31.8 Å². The van der Waals surface area contributed by atoms with Gasteiger partial charge in [0.25, 0.3) is 5.91 Å². The molecule has 0 bridgehead atoms. The average molecular weight is 380 g/mol. The van der Waals surface area contributed by atoms with Crippen LogP contribution in [0, 0.1) is 0 Å². The topological polar surface area (TPSA) is 41.6 Å². The van der Waals surface area contributed by atoms with E-state index in [-0.39, 0.29) is 11.3 Å². The summed E-state index contributed by atoms with van der Waals surface area (Å²) in [5.74, 6) is -0.123. The number of hydrogen-bond donors (Lipinski definition) is 1. The zero-order chi connectivity index (χ0) is 19.9. The fourth-order valence-electron chi connectivity index (χ4n) is 2.58. The van der Waals surface area contributed by atoms with Crippen molar-refractivity contribution < 1.29 is 22.7 Å². The van der Waals surface area contributed by atoms with Gasteiger partial charge in [-0.3, -0.25) is 4.79 Å². The lowest BCUT2D eigenvalue weighted by molar-refractivity contribution is -0.137. The highest BCUT2D eigenvalue weighted by atomic mass is 19.4. The molecule has 0 heterocycles. The Morgan fingerprint density at radius 2 is 1.78 bits per heavy atom. The lowest BCUT2D eigenvalue weighted by Crippen LogP contribution is -2.28. The lowest BCUT2D eigenvalue weighted by atomic mass is 10.1. The fourth-order valence-corrected chi connectivity index (χ4v) is 2.58. The molecule has 0 aromatic heterocycles. The zero-order valence-electron chi connectivity index (χ0n) is 15.3. The van der Waals surface area contributed by atoms with Crippen LogP contribution in [-0.2, 0) is 6.18 Å². The van der Waals surface area contributed by atoms with E-state index >= 15 is 0 Å². The molecule has 0 fully saturated rings. The summed E-state index contributed by atoms with van der Waals surface area (Å²) in [6, 6.07) is 11.2. The molecule has 27 heavy (non-hydrogen) atoms. The zero-order valence-corrected chi connectivity index (χ0v) is 15.3. The summed E-state index contributed by atoms with van der Waals surface area (Å²) in [6.45, 7) is 7.04. The third-order valence-electron chi connectivity index (χ3n) is 4.14. The van der Waals surface area contributed by atoms with E-state index in [1.165, 1.54) is 12.1 Å². The number of amides is 1. The van der Waals surface area contributed by atoms with Crippen molar-refractivity contribution in [2.24, 2.45) is 0 Å². The van der Waals surface area contributed by atoms with Gasteiger partial charge >= 0.3 is 6.18 Å². The van der Waals surface area contributed by atoms with Gasteiger partial charge in [0.05, 0.1) is 11.1 Å². The summed E-state index contributed by atoms with van der Waals surface area (Å²) in [7, 11) is 0. The maximum absolute atomic E-state index is 12.8. The van der Waals surface area contributed by atoms with Crippen molar-refractivity contribution in [3.8, 4) is 5.75 Å². The van der Waals surface area contributed by atoms with Gasteiger partial charge in [0.2, 0.25) is 0 Å². The molecule has 0 unspecified atom stereocenters. The van der Waals surface area contributed by atoms with E-state index in [1.54, 1.807) is 24.3 Å². The Labute approximate surface area is 156 Å². The minimum atomic E-state index is -4.47. The average Bonchev–Trinajstić information content (AvgIpc) is 2.65. The predicted octanol–water partition coefficient (Wildman–Crippen LogP) is 4.68. The highest BCUT2D eigenvalue weighted by Gasteiger charge is 2.30. The van der Waals surface area contributed by atoms with Gasteiger partial charge in [-0.05, 0) is 43.4 Å². The summed E-state index contributed by atoms with van der Waals surface area (Å²) in [5.41, 5.74) is -0.466. The molecule has 7 heteroatoms. The molecule has 0 aliphatic carbocycles. The smallest absolute Gasteiger partial charge is 0.416 e. The molecule has 0 saturated heterocycles. The molecule has 2 aromatic rings. The number of hydrogen-bond acceptors (Lipinski definition) is 3. The summed E-state index contributed by atoms with van der Waals surface area (Å²) in [4.78, 5) is 14.7. The molecule has 4 nitrogen and oxygen atoms in total. The fraction of sp³-hybridized carbons (Fsp3) is 0.350. The van der Waals surface area contributed by atoms with E-state index in [0.29, 0.717) is 12.4 Å². The van der Waals surface area contributed by atoms with E-state index < -0.39 is 17.6 Å². The quantitative estimate of drug-likeness (QED) is 0.723. The predicted molar refractivity (Wildman–Crippen MR) is 99.1 cm³/mol. The lowest BCUT2D eigenvalue weighted by Gasteiger charge is -2.19. The first-order chi connectivity index (χ1) is 12.8. The summed E-state index contributed by atoms with van der Waals surface area (Å²) in [5, 5.41) is 2.50. The first-order valence-electron chi connectivity index (χ1n) is 8.78. The maximum Gasteiger partial charge on any atom is 0.416 e. The number of nitrogens with zero attached hydrogens (tertiary/aromatic N) is 1. The molecule has 1 N–H and O–H groups in total. The molecular weight excluding hydrogens is 357 g/mol. The van der Waals surface area contributed by atoms with Crippen molar-refractivity contribution in [3.63, 3.8) is 0 Å². The van der Waals surface area contributed by atoms with Crippen molar-refractivity contribution in [1.29, 1.82) is 0 Å². The molecule has 146 valence electrons. The normalized spacial score (nSPS) is 11.5. The molecule has 0 radical (unpaired) electrons. The summed E-state index contributed by atoms with van der Waals surface area (Å²) < 4.78 is 44.2. The number of likely N-dealkylation sites (N-methyl/N-ethyl adjacent to an activating group) is 1. The standard InChI is InChI=1S/C20H23F3N2O2/c1-3-25(4-2)12-13-27-18-11-6-5-10-17(18)19(26)24-16-9-7-8-15(14-16)20(21,22)23/h5-11,14H,3-4,12-13H2,1-2H3,(H,24,26). The van der Waals surface area contributed by atoms with Crippen LogP contribution in [0.1, 0.15) is 29.8 Å². The molecule has 0 atom stereocenters. The summed E-state index contributed by atoms with van der Waals surface area (Å²) in [6.07, 6.45) is -4.47. The van der Waals surface area contributed by atoms with Crippen molar-refractivity contribution in [3.05, 3.63) is 59.7 Å². The second-order valence-corrected chi connectivity index (χ2v) is 5.90. The second kappa shape index (κ2) is 9.41. The van der Waals surface area contributed by atoms with E-state index in [2.05, 4.69) is 24.1 Å². The van der Waals surface area contributed by atoms with Crippen LogP contribution in [0.2, 0.25) is 0 Å². The van der Waals surface area contributed by atoms with Crippen LogP contribution < -0.4 is 10.1 Å². The van der Waals surface area contributed by atoms with Crippen LogP contribution in [0.15, 0.2) is 48.5 Å². The number of halogens is 3. The number of para-hydroxylation sites is 1. The molecule has 1 amide bonds. The van der Waals surface area contributed by atoms with Gasteiger partial charge < -0.3 is 15.0 Å². The molecule has 0 aliphatic heterocycles. The van der Waals surface area contributed by atoms with E-state index in [1.807, 2.05) is 0 Å². The van der Waals surface area contributed by atoms with Gasteiger partial charge in [-0.15, -0.1) is 0 Å². The molecule has 0 aliphatic rings. The largest absolute Gasteiger partial charge is 0.491 e. The van der Waals surface area contributed by atoms with Gasteiger partial charge in [0, 0.05) is 12.2 Å². The minimum Gasteiger partial charge on any atom is -0.491 e. The third kappa shape index (κ3) is 5.99. The first-order valence-corrected chi connectivity index (χ1v) is 8.78. The van der Waals surface area contributed by atoms with E-state index in [4.69, 9.17) is 4.74 Å². The highest BCUT2D eigenvalue weighted by Crippen LogP contribution is 2.31.